The standard InChI is InChI=1S/C5H6FGe.3C4H10N.Hf/c6-7-5-3-1-2-4-5;3*1-4(2)3-5;/h1-4H,7H2;3*4-5H,3H2,1-2H3;/q4*-1;+4. The van der Waals surface area contributed by atoms with Gasteiger partial charge in [-0.05, 0) is 0 Å². The van der Waals surface area contributed by atoms with Crippen LogP contribution in [-0.2, 0) is 25.8 Å². The van der Waals surface area contributed by atoms with Crippen molar-refractivity contribution in [1.82, 2.24) is 0 Å². The maximum atomic E-state index is 11.7. The van der Waals surface area contributed by atoms with Crippen LogP contribution in [0.15, 0.2) is 24.3 Å². The summed E-state index contributed by atoms with van der Waals surface area (Å²) >= 11 is -1.73. The van der Waals surface area contributed by atoms with Gasteiger partial charge in [-0.2, -0.15) is 0 Å². The van der Waals surface area contributed by atoms with Crippen molar-refractivity contribution < 1.29 is 29.3 Å². The fraction of sp³-hybridized carbons (Fsp3) is 0.706. The Kier molecular flexibility index (Phi) is 33.8. The van der Waals surface area contributed by atoms with Crippen LogP contribution in [0.1, 0.15) is 41.5 Å². The number of nitrogens with one attached hydrogen (secondary N) is 3. The summed E-state index contributed by atoms with van der Waals surface area (Å²) < 4.78 is 12.7. The summed E-state index contributed by atoms with van der Waals surface area (Å²) in [6.07, 6.45) is 0. The van der Waals surface area contributed by atoms with Crippen molar-refractivity contribution in [2.45, 2.75) is 41.5 Å². The van der Waals surface area contributed by atoms with E-state index in [0.717, 1.165) is 4.40 Å². The Labute approximate surface area is 169 Å². The normalized spacial score (nSPS) is 9.61. The number of hydrogen-bond donors (Lipinski definition) is 0. The Hall–Kier alpha value is 0.573. The summed E-state index contributed by atoms with van der Waals surface area (Å²) in [4.78, 5) is 0. The molecule has 0 aliphatic heterocycles. The Morgan fingerprint density at radius 2 is 1.00 bits per heavy atom. The maximum Gasteiger partial charge on any atom is 4.00 e. The van der Waals surface area contributed by atoms with Gasteiger partial charge in [0.25, 0.3) is 0 Å². The molecule has 134 valence electrons. The number of hydrogen-bond acceptors (Lipinski definition) is 0. The zero-order valence-electron chi connectivity index (χ0n) is 15.7. The Bertz CT molecular complexity index is 262. The van der Waals surface area contributed by atoms with E-state index in [1.54, 1.807) is 0 Å². The third-order valence-corrected chi connectivity index (χ3v) is 3.75. The average molecular weight is 553 g/mol. The van der Waals surface area contributed by atoms with Crippen LogP contribution in [0.25, 0.3) is 17.2 Å². The third kappa shape index (κ3) is 39.4. The van der Waals surface area contributed by atoms with Crippen molar-refractivity contribution in [3.63, 3.8) is 0 Å². The maximum absolute atomic E-state index is 11.7. The minimum absolute atomic E-state index is 0. The predicted molar refractivity (Wildman–Crippen MR) is 103 cm³/mol. The molecule has 1 aromatic rings. The molecule has 1 rings (SSSR count). The van der Waals surface area contributed by atoms with E-state index >= 15 is 0 Å². The van der Waals surface area contributed by atoms with Crippen molar-refractivity contribution in [3.05, 3.63) is 41.5 Å². The first-order valence-corrected chi connectivity index (χ1v) is 10.6. The molecule has 23 heavy (non-hydrogen) atoms. The molecule has 6 heteroatoms. The molecule has 0 aliphatic rings. The number of halogens is 1. The van der Waals surface area contributed by atoms with E-state index in [1.165, 1.54) is 0 Å². The first-order chi connectivity index (χ1) is 10.2. The molecule has 3 N–H and O–H groups in total. The summed E-state index contributed by atoms with van der Waals surface area (Å²) in [6.45, 7) is 13.9. The molecule has 0 bridgehead atoms. The van der Waals surface area contributed by atoms with E-state index in [0.29, 0.717) is 37.4 Å². The summed E-state index contributed by atoms with van der Waals surface area (Å²) in [6, 6.07) is 7.44. The molecule has 3 nitrogen and oxygen atoms in total. The van der Waals surface area contributed by atoms with E-state index in [2.05, 4.69) is 0 Å². The van der Waals surface area contributed by atoms with Crippen molar-refractivity contribution in [2.75, 3.05) is 19.6 Å². The minimum Gasteiger partial charge on any atom is 4.00 e. The Morgan fingerprint density at radius 3 is 1.09 bits per heavy atom. The summed E-state index contributed by atoms with van der Waals surface area (Å²) in [5, 5.41) is 0. The smallest absolute Gasteiger partial charge is 4.00 e. The van der Waals surface area contributed by atoms with Gasteiger partial charge in [-0.1, -0.05) is 59.3 Å². The second kappa shape index (κ2) is 24.8. The van der Waals surface area contributed by atoms with Gasteiger partial charge in [0.1, 0.15) is 0 Å². The summed E-state index contributed by atoms with van der Waals surface area (Å²) in [5.74, 6) is 1.65. The fourth-order valence-corrected chi connectivity index (χ4v) is 1.45. The molecule has 0 unspecified atom stereocenters. The summed E-state index contributed by atoms with van der Waals surface area (Å²) in [7, 11) is 0. The zero-order chi connectivity index (χ0) is 18.0. The van der Waals surface area contributed by atoms with Crippen LogP contribution in [0, 0.1) is 17.8 Å². The van der Waals surface area contributed by atoms with Crippen LogP contribution in [0.3, 0.4) is 0 Å². The molecule has 0 heterocycles. The van der Waals surface area contributed by atoms with Gasteiger partial charge in [0.05, 0.1) is 0 Å². The van der Waals surface area contributed by atoms with E-state index in [4.69, 9.17) is 17.2 Å². The zero-order valence-corrected chi connectivity index (χ0v) is 22.3. The predicted octanol–water partition coefficient (Wildman–Crippen LogP) is 5.17. The van der Waals surface area contributed by atoms with Gasteiger partial charge in [0.2, 0.25) is 0 Å². The Morgan fingerprint density at radius 1 is 0.783 bits per heavy atom. The first kappa shape index (κ1) is 31.4. The van der Waals surface area contributed by atoms with Crippen LogP contribution in [0.5, 0.6) is 0 Å². The van der Waals surface area contributed by atoms with Crippen LogP contribution < -0.4 is 4.40 Å². The molecule has 0 aromatic heterocycles. The average Bonchev–Trinajstić information content (AvgIpc) is 3.02. The molecule has 0 saturated carbocycles. The van der Waals surface area contributed by atoms with Gasteiger partial charge >= 0.3 is 73.9 Å². The molecule has 0 aliphatic carbocycles. The van der Waals surface area contributed by atoms with Gasteiger partial charge in [0, 0.05) is 0 Å². The largest absolute Gasteiger partial charge is 4.00 e. The van der Waals surface area contributed by atoms with Gasteiger partial charge in [0.15, 0.2) is 0 Å². The van der Waals surface area contributed by atoms with E-state index < -0.39 is 15.9 Å². The molecular weight excluding hydrogens is 516 g/mol. The van der Waals surface area contributed by atoms with E-state index in [-0.39, 0.29) is 25.8 Å². The van der Waals surface area contributed by atoms with Gasteiger partial charge < -0.3 is 17.2 Å². The molecule has 0 amide bonds. The van der Waals surface area contributed by atoms with E-state index in [1.807, 2.05) is 65.8 Å². The SMILES string of the molecule is CC(C)C[NH-].CC(C)C[NH-].CC(C)C[NH-].[F][GeH2][c-]1cccc1.[Hf+4]. The second-order valence-corrected chi connectivity index (χ2v) is 8.49. The molecule has 0 radical (unpaired) electrons. The van der Waals surface area contributed by atoms with Crippen molar-refractivity contribution in [1.29, 1.82) is 0 Å². The van der Waals surface area contributed by atoms with Crippen LogP contribution in [0.4, 0.5) is 3.50 Å². The molecule has 0 atom stereocenters. The second-order valence-electron chi connectivity index (χ2n) is 6.22. The van der Waals surface area contributed by atoms with Crippen LogP contribution >= 0.6 is 0 Å². The molecule has 0 fully saturated rings. The molecular formula is C17H36FGeHfN3. The molecule has 0 saturated heterocycles. The van der Waals surface area contributed by atoms with Gasteiger partial charge in [-0.3, -0.25) is 0 Å². The quantitative estimate of drug-likeness (QED) is 0.366. The van der Waals surface area contributed by atoms with Gasteiger partial charge in [-0.15, -0.1) is 19.6 Å². The third-order valence-electron chi connectivity index (χ3n) is 2.11. The fourth-order valence-electron chi connectivity index (χ4n) is 0.503. The first-order valence-electron chi connectivity index (χ1n) is 7.95. The van der Waals surface area contributed by atoms with Crippen molar-refractivity contribution in [2.24, 2.45) is 17.8 Å². The minimum atomic E-state index is -1.73. The summed E-state index contributed by atoms with van der Waals surface area (Å²) in [5.41, 5.74) is 20.0. The Balaban J connectivity index is -0.000000105. The van der Waals surface area contributed by atoms with Crippen molar-refractivity contribution >= 4 is 20.3 Å². The van der Waals surface area contributed by atoms with Gasteiger partial charge in [-0.25, -0.2) is 0 Å². The van der Waals surface area contributed by atoms with Crippen LogP contribution in [-0.4, -0.2) is 35.5 Å². The number of rotatable bonds is 4. The van der Waals surface area contributed by atoms with E-state index in [9.17, 15) is 3.50 Å². The molecule has 0 spiro atoms. The molecule has 1 aromatic carbocycles. The van der Waals surface area contributed by atoms with Crippen molar-refractivity contribution in [3.8, 4) is 0 Å². The van der Waals surface area contributed by atoms with Crippen LogP contribution in [0.2, 0.25) is 0 Å². The topological polar surface area (TPSA) is 71.4 Å². The monoisotopic (exact) mass is 555 g/mol.